The van der Waals surface area contributed by atoms with Gasteiger partial charge in [-0.2, -0.15) is 10.4 Å². The molecule has 8 nitrogen and oxygen atoms in total. The number of amides is 1. The Bertz CT molecular complexity index is 1350. The van der Waals surface area contributed by atoms with Gasteiger partial charge in [-0.1, -0.05) is 24.3 Å². The van der Waals surface area contributed by atoms with Gasteiger partial charge in [0.2, 0.25) is 0 Å². The molecule has 1 atom stereocenters. The Hall–Kier alpha value is -4.04. The largest absolute Gasteiger partial charge is 0.496 e. The van der Waals surface area contributed by atoms with E-state index in [0.29, 0.717) is 11.3 Å². The lowest BCUT2D eigenvalue weighted by molar-refractivity contribution is 0.00912. The van der Waals surface area contributed by atoms with Crippen LogP contribution in [-0.2, 0) is 6.54 Å². The molecule has 1 amide bonds. The van der Waals surface area contributed by atoms with E-state index in [1.807, 2.05) is 19.9 Å². The van der Waals surface area contributed by atoms with Gasteiger partial charge in [-0.3, -0.25) is 9.69 Å². The van der Waals surface area contributed by atoms with Gasteiger partial charge in [-0.15, -0.1) is 0 Å². The minimum atomic E-state index is -2.89. The molecule has 4 rings (SSSR count). The summed E-state index contributed by atoms with van der Waals surface area (Å²) in [6.45, 7) is 3.39. The Morgan fingerprint density at radius 3 is 2.62 bits per heavy atom. The van der Waals surface area contributed by atoms with Gasteiger partial charge in [0, 0.05) is 24.6 Å². The fourth-order valence-corrected chi connectivity index (χ4v) is 4.48. The van der Waals surface area contributed by atoms with E-state index < -0.39 is 36.8 Å². The van der Waals surface area contributed by atoms with Crippen LogP contribution in [-0.4, -0.2) is 46.2 Å². The summed E-state index contributed by atoms with van der Waals surface area (Å²) in [6.07, 6.45) is -1.22. The van der Waals surface area contributed by atoms with E-state index in [1.54, 1.807) is 29.2 Å². The SMILES string of the molecule is COc1ccc(F)cc1C(=O)NCc1ccc(-c2nn(C3CC(F)(F)CN3C(C)C)c(N)c2C#N)cc1. The monoisotopic (exact) mass is 512 g/mol. The van der Waals surface area contributed by atoms with Crippen molar-refractivity contribution >= 4 is 11.7 Å². The third kappa shape index (κ3) is 5.24. The number of hydrogen-bond donors (Lipinski definition) is 2. The van der Waals surface area contributed by atoms with Crippen molar-refractivity contribution in [1.82, 2.24) is 20.0 Å². The number of likely N-dealkylation sites (tertiary alicyclic amines) is 1. The first-order valence-electron chi connectivity index (χ1n) is 11.7. The zero-order valence-corrected chi connectivity index (χ0v) is 20.6. The van der Waals surface area contributed by atoms with E-state index in [0.717, 1.165) is 11.6 Å². The summed E-state index contributed by atoms with van der Waals surface area (Å²) < 4.78 is 48.5. The number of rotatable bonds is 7. The molecular weight excluding hydrogens is 485 g/mol. The normalized spacial score (nSPS) is 17.1. The van der Waals surface area contributed by atoms with Gasteiger partial charge >= 0.3 is 0 Å². The first kappa shape index (κ1) is 26.0. The third-order valence-corrected chi connectivity index (χ3v) is 6.37. The highest BCUT2D eigenvalue weighted by Gasteiger charge is 2.48. The smallest absolute Gasteiger partial charge is 0.263 e. The number of nitrogens with zero attached hydrogens (tertiary/aromatic N) is 4. The molecule has 194 valence electrons. The molecular formula is C26H27F3N6O2. The van der Waals surface area contributed by atoms with Crippen LogP contribution in [0.15, 0.2) is 42.5 Å². The van der Waals surface area contributed by atoms with Crippen molar-refractivity contribution in [1.29, 1.82) is 5.26 Å². The standard InChI is InChI=1S/C26H27F3N6O2/c1-15(2)34-14-26(28,29)11-22(34)35-24(31)20(12-30)23(33-35)17-6-4-16(5-7-17)13-32-25(36)19-10-18(27)8-9-21(19)37-3/h4-10,15,22H,11,13-14,31H2,1-3H3,(H,32,36). The zero-order chi connectivity index (χ0) is 26.9. The number of benzene rings is 2. The number of ether oxygens (including phenoxy) is 1. The molecule has 3 aromatic rings. The molecule has 1 saturated heterocycles. The van der Waals surface area contributed by atoms with E-state index >= 15 is 0 Å². The topological polar surface area (TPSA) is 109 Å². The average Bonchev–Trinajstić information content (AvgIpc) is 3.38. The lowest BCUT2D eigenvalue weighted by atomic mass is 10.1. The maximum Gasteiger partial charge on any atom is 0.263 e. The van der Waals surface area contributed by atoms with Crippen molar-refractivity contribution in [3.8, 4) is 23.1 Å². The average molecular weight is 513 g/mol. The number of hydrogen-bond acceptors (Lipinski definition) is 6. The number of nitrogen functional groups attached to an aromatic ring is 1. The second-order valence-corrected chi connectivity index (χ2v) is 9.20. The maximum absolute atomic E-state index is 14.2. The molecule has 37 heavy (non-hydrogen) atoms. The van der Waals surface area contributed by atoms with Gasteiger partial charge in [0.25, 0.3) is 11.8 Å². The lowest BCUT2D eigenvalue weighted by Gasteiger charge is -2.28. The van der Waals surface area contributed by atoms with Gasteiger partial charge < -0.3 is 15.8 Å². The van der Waals surface area contributed by atoms with Gasteiger partial charge in [-0.05, 0) is 37.6 Å². The number of nitriles is 1. The summed E-state index contributed by atoms with van der Waals surface area (Å²) in [5.41, 5.74) is 7.99. The van der Waals surface area contributed by atoms with Crippen LogP contribution in [0.3, 0.4) is 0 Å². The molecule has 3 N–H and O–H groups in total. The molecule has 0 bridgehead atoms. The van der Waals surface area contributed by atoms with Crippen molar-refractivity contribution in [2.75, 3.05) is 19.4 Å². The van der Waals surface area contributed by atoms with Crippen LogP contribution in [0.4, 0.5) is 19.0 Å². The molecule has 0 aliphatic carbocycles. The van der Waals surface area contributed by atoms with Gasteiger partial charge in [0.15, 0.2) is 0 Å². The number of alkyl halides is 2. The van der Waals surface area contributed by atoms with E-state index in [-0.39, 0.29) is 35.3 Å². The van der Waals surface area contributed by atoms with Crippen LogP contribution in [0, 0.1) is 17.1 Å². The first-order valence-corrected chi connectivity index (χ1v) is 11.7. The summed E-state index contributed by atoms with van der Waals surface area (Å²) in [6, 6.07) is 12.4. The summed E-state index contributed by atoms with van der Waals surface area (Å²) >= 11 is 0. The second-order valence-electron chi connectivity index (χ2n) is 9.20. The number of carbonyl (C=O) groups excluding carboxylic acids is 1. The quantitative estimate of drug-likeness (QED) is 0.488. The van der Waals surface area contributed by atoms with Crippen LogP contribution < -0.4 is 15.8 Å². The summed E-state index contributed by atoms with van der Waals surface area (Å²) in [4.78, 5) is 14.1. The number of nitrogens with one attached hydrogen (secondary N) is 1. The number of nitrogens with two attached hydrogens (primary N) is 1. The minimum absolute atomic E-state index is 0.0335. The Morgan fingerprint density at radius 2 is 2.00 bits per heavy atom. The molecule has 1 aliphatic heterocycles. The fraction of sp³-hybridized carbons (Fsp3) is 0.346. The molecule has 11 heteroatoms. The van der Waals surface area contributed by atoms with Crippen molar-refractivity contribution < 1.29 is 22.7 Å². The second kappa shape index (κ2) is 10.1. The molecule has 0 radical (unpaired) electrons. The number of aromatic nitrogens is 2. The molecule has 0 spiro atoms. The van der Waals surface area contributed by atoms with Crippen molar-refractivity contribution in [3.63, 3.8) is 0 Å². The molecule has 2 heterocycles. The molecule has 0 saturated carbocycles. The third-order valence-electron chi connectivity index (χ3n) is 6.37. The van der Waals surface area contributed by atoms with Crippen LogP contribution in [0.25, 0.3) is 11.3 Å². The summed E-state index contributed by atoms with van der Waals surface area (Å²) in [7, 11) is 1.39. The number of carbonyl (C=O) groups is 1. The predicted molar refractivity (Wildman–Crippen MR) is 131 cm³/mol. The van der Waals surface area contributed by atoms with Crippen molar-refractivity contribution in [3.05, 3.63) is 65.0 Å². The highest BCUT2D eigenvalue weighted by atomic mass is 19.3. The molecule has 1 aromatic heterocycles. The van der Waals surface area contributed by atoms with Gasteiger partial charge in [0.1, 0.15) is 40.9 Å². The highest BCUT2D eigenvalue weighted by molar-refractivity contribution is 5.96. The molecule has 1 fully saturated rings. The number of methoxy groups -OCH3 is 1. The zero-order valence-electron chi connectivity index (χ0n) is 20.6. The van der Waals surface area contributed by atoms with Gasteiger partial charge in [-0.25, -0.2) is 17.9 Å². The highest BCUT2D eigenvalue weighted by Crippen LogP contribution is 2.41. The Labute approximate surface area is 212 Å². The molecule has 1 aliphatic rings. The Kier molecular flexibility index (Phi) is 7.14. The van der Waals surface area contributed by atoms with E-state index in [1.165, 1.54) is 23.9 Å². The van der Waals surface area contributed by atoms with Gasteiger partial charge in [0.05, 0.1) is 19.2 Å². The number of halogens is 3. The van der Waals surface area contributed by atoms with Crippen molar-refractivity contribution in [2.45, 2.75) is 44.9 Å². The molecule has 2 aromatic carbocycles. The lowest BCUT2D eigenvalue weighted by Crippen LogP contribution is -2.35. The maximum atomic E-state index is 14.2. The van der Waals surface area contributed by atoms with Crippen LogP contribution >= 0.6 is 0 Å². The fourth-order valence-electron chi connectivity index (χ4n) is 4.48. The van der Waals surface area contributed by atoms with E-state index in [9.17, 15) is 23.2 Å². The van der Waals surface area contributed by atoms with Crippen LogP contribution in [0.2, 0.25) is 0 Å². The van der Waals surface area contributed by atoms with Crippen molar-refractivity contribution in [2.24, 2.45) is 0 Å². The van der Waals surface area contributed by atoms with E-state index in [4.69, 9.17) is 10.5 Å². The first-order chi connectivity index (χ1) is 17.5. The summed E-state index contributed by atoms with van der Waals surface area (Å²) in [5, 5.41) is 16.9. The van der Waals surface area contributed by atoms with E-state index in [2.05, 4.69) is 10.4 Å². The Morgan fingerprint density at radius 1 is 1.30 bits per heavy atom. The van der Waals surface area contributed by atoms with Crippen LogP contribution in [0.1, 0.15) is 47.9 Å². The van der Waals surface area contributed by atoms with Crippen LogP contribution in [0.5, 0.6) is 5.75 Å². The predicted octanol–water partition coefficient (Wildman–Crippen LogP) is 4.33. The summed E-state index contributed by atoms with van der Waals surface area (Å²) in [5.74, 6) is -3.65. The molecule has 1 unspecified atom stereocenters. The number of anilines is 1. The minimum Gasteiger partial charge on any atom is -0.496 e. The Balaban J connectivity index is 1.54.